The predicted octanol–water partition coefficient (Wildman–Crippen LogP) is 1.66. The Bertz CT molecular complexity index is 502. The minimum absolute atomic E-state index is 0.0164. The van der Waals surface area contributed by atoms with Crippen LogP contribution in [-0.2, 0) is 4.79 Å². The van der Waals surface area contributed by atoms with E-state index >= 15 is 0 Å². The number of rotatable bonds is 1. The van der Waals surface area contributed by atoms with Gasteiger partial charge in [0.1, 0.15) is 6.07 Å². The fourth-order valence-corrected chi connectivity index (χ4v) is 2.19. The van der Waals surface area contributed by atoms with Gasteiger partial charge >= 0.3 is 0 Å². The zero-order chi connectivity index (χ0) is 13.2. The second-order valence-corrected chi connectivity index (χ2v) is 4.99. The number of nitrogens with zero attached hydrogens (tertiary/aromatic N) is 2. The number of carbonyl (C=O) groups is 1. The standard InChI is InChI=1S/C14H17N3O/c1-14(2)13(18)17(9-5-8-16-14)12-7-4-3-6-11(12)10-15/h3-4,6-7,16H,5,8-9H2,1-2H3. The lowest BCUT2D eigenvalue weighted by Crippen LogP contribution is -2.52. The first-order valence-corrected chi connectivity index (χ1v) is 6.12. The van der Waals surface area contributed by atoms with Crippen LogP contribution in [0.25, 0.3) is 0 Å². The maximum atomic E-state index is 12.5. The van der Waals surface area contributed by atoms with E-state index in [2.05, 4.69) is 11.4 Å². The van der Waals surface area contributed by atoms with Gasteiger partial charge in [-0.1, -0.05) is 12.1 Å². The topological polar surface area (TPSA) is 56.1 Å². The first kappa shape index (κ1) is 12.6. The van der Waals surface area contributed by atoms with Crippen molar-refractivity contribution < 1.29 is 4.79 Å². The number of hydrogen-bond acceptors (Lipinski definition) is 3. The Kier molecular flexibility index (Phi) is 3.35. The molecule has 4 heteroatoms. The van der Waals surface area contributed by atoms with E-state index in [1.807, 2.05) is 32.0 Å². The fourth-order valence-electron chi connectivity index (χ4n) is 2.19. The Morgan fingerprint density at radius 2 is 2.11 bits per heavy atom. The highest BCUT2D eigenvalue weighted by Gasteiger charge is 2.34. The van der Waals surface area contributed by atoms with Gasteiger partial charge in [0.05, 0.1) is 16.8 Å². The molecule has 1 N–H and O–H groups in total. The monoisotopic (exact) mass is 243 g/mol. The summed E-state index contributed by atoms with van der Waals surface area (Å²) in [6.45, 7) is 5.21. The Morgan fingerprint density at radius 1 is 1.39 bits per heavy atom. The van der Waals surface area contributed by atoms with Gasteiger partial charge in [0, 0.05) is 6.54 Å². The molecule has 0 aromatic heterocycles. The molecule has 18 heavy (non-hydrogen) atoms. The minimum atomic E-state index is -0.584. The highest BCUT2D eigenvalue weighted by molar-refractivity contribution is 6.00. The largest absolute Gasteiger partial charge is 0.309 e. The summed E-state index contributed by atoms with van der Waals surface area (Å²) in [5, 5.41) is 12.4. The average Bonchev–Trinajstić information content (AvgIpc) is 2.50. The van der Waals surface area contributed by atoms with Crippen molar-refractivity contribution in [2.24, 2.45) is 0 Å². The van der Waals surface area contributed by atoms with Crippen LogP contribution in [0.3, 0.4) is 0 Å². The third kappa shape index (κ3) is 2.22. The number of carbonyl (C=O) groups excluding carboxylic acids is 1. The third-order valence-corrected chi connectivity index (χ3v) is 3.22. The fraction of sp³-hybridized carbons (Fsp3) is 0.429. The van der Waals surface area contributed by atoms with Crippen molar-refractivity contribution in [3.8, 4) is 6.07 Å². The van der Waals surface area contributed by atoms with E-state index in [-0.39, 0.29) is 5.91 Å². The summed E-state index contributed by atoms with van der Waals surface area (Å²) in [5.74, 6) is 0.0164. The molecule has 1 aromatic carbocycles. The van der Waals surface area contributed by atoms with Gasteiger partial charge in [-0.25, -0.2) is 0 Å². The van der Waals surface area contributed by atoms with Crippen LogP contribution in [0.1, 0.15) is 25.8 Å². The first-order valence-electron chi connectivity index (χ1n) is 6.12. The van der Waals surface area contributed by atoms with Gasteiger partial charge in [-0.3, -0.25) is 4.79 Å². The molecule has 0 unspecified atom stereocenters. The maximum Gasteiger partial charge on any atom is 0.246 e. The Balaban J connectivity index is 2.43. The van der Waals surface area contributed by atoms with Gasteiger partial charge in [0.2, 0.25) is 5.91 Å². The van der Waals surface area contributed by atoms with Crippen LogP contribution in [0, 0.1) is 11.3 Å². The Labute approximate surface area is 107 Å². The second-order valence-electron chi connectivity index (χ2n) is 4.99. The van der Waals surface area contributed by atoms with E-state index in [0.717, 1.165) is 13.0 Å². The number of hydrogen-bond donors (Lipinski definition) is 1. The van der Waals surface area contributed by atoms with Crippen LogP contribution in [0.2, 0.25) is 0 Å². The van der Waals surface area contributed by atoms with Crippen LogP contribution in [0.15, 0.2) is 24.3 Å². The van der Waals surface area contributed by atoms with Crippen molar-refractivity contribution in [2.45, 2.75) is 25.8 Å². The molecular weight excluding hydrogens is 226 g/mol. The van der Waals surface area contributed by atoms with E-state index in [9.17, 15) is 4.79 Å². The molecule has 0 spiro atoms. The molecular formula is C14H17N3O. The summed E-state index contributed by atoms with van der Waals surface area (Å²) < 4.78 is 0. The molecule has 1 fully saturated rings. The van der Waals surface area contributed by atoms with E-state index in [1.165, 1.54) is 0 Å². The summed E-state index contributed by atoms with van der Waals surface area (Å²) in [6, 6.07) is 9.39. The van der Waals surface area contributed by atoms with Gasteiger partial charge in [-0.15, -0.1) is 0 Å². The van der Waals surface area contributed by atoms with Crippen molar-refractivity contribution in [1.82, 2.24) is 5.32 Å². The van der Waals surface area contributed by atoms with Crippen molar-refractivity contribution >= 4 is 11.6 Å². The van der Waals surface area contributed by atoms with Gasteiger partial charge < -0.3 is 10.2 Å². The van der Waals surface area contributed by atoms with Crippen molar-refractivity contribution in [3.05, 3.63) is 29.8 Å². The molecule has 94 valence electrons. The Morgan fingerprint density at radius 3 is 2.83 bits per heavy atom. The lowest BCUT2D eigenvalue weighted by atomic mass is 10.0. The lowest BCUT2D eigenvalue weighted by molar-refractivity contribution is -0.123. The molecule has 1 aliphatic heterocycles. The molecule has 2 rings (SSSR count). The predicted molar refractivity (Wildman–Crippen MR) is 70.2 cm³/mol. The molecule has 1 heterocycles. The molecule has 1 aliphatic rings. The summed E-state index contributed by atoms with van der Waals surface area (Å²) in [7, 11) is 0. The molecule has 4 nitrogen and oxygen atoms in total. The summed E-state index contributed by atoms with van der Waals surface area (Å²) in [5.41, 5.74) is 0.671. The first-order chi connectivity index (χ1) is 8.56. The number of nitrogens with one attached hydrogen (secondary N) is 1. The molecule has 0 bridgehead atoms. The van der Waals surface area contributed by atoms with Gasteiger partial charge in [-0.2, -0.15) is 5.26 Å². The quantitative estimate of drug-likeness (QED) is 0.816. The van der Waals surface area contributed by atoms with Crippen molar-refractivity contribution in [1.29, 1.82) is 5.26 Å². The molecule has 0 aliphatic carbocycles. The summed E-state index contributed by atoms with van der Waals surface area (Å²) in [4.78, 5) is 14.2. The number of nitriles is 1. The van der Waals surface area contributed by atoms with Crippen molar-refractivity contribution in [2.75, 3.05) is 18.0 Å². The van der Waals surface area contributed by atoms with E-state index < -0.39 is 5.54 Å². The molecule has 0 radical (unpaired) electrons. The highest BCUT2D eigenvalue weighted by Crippen LogP contribution is 2.24. The van der Waals surface area contributed by atoms with E-state index in [0.29, 0.717) is 17.8 Å². The van der Waals surface area contributed by atoms with Gasteiger partial charge in [0.15, 0.2) is 0 Å². The van der Waals surface area contributed by atoms with Gasteiger partial charge in [-0.05, 0) is 38.9 Å². The van der Waals surface area contributed by atoms with E-state index in [1.54, 1.807) is 11.0 Å². The molecule has 1 amide bonds. The average molecular weight is 243 g/mol. The zero-order valence-electron chi connectivity index (χ0n) is 10.7. The smallest absolute Gasteiger partial charge is 0.246 e. The molecule has 1 aromatic rings. The lowest BCUT2D eigenvalue weighted by Gasteiger charge is -2.29. The molecule has 0 atom stereocenters. The number of benzene rings is 1. The number of anilines is 1. The van der Waals surface area contributed by atoms with E-state index in [4.69, 9.17) is 5.26 Å². The van der Waals surface area contributed by atoms with Crippen LogP contribution < -0.4 is 10.2 Å². The SMILES string of the molecule is CC1(C)NCCCN(c2ccccc2C#N)C1=O. The van der Waals surface area contributed by atoms with Crippen LogP contribution >= 0.6 is 0 Å². The maximum absolute atomic E-state index is 12.5. The van der Waals surface area contributed by atoms with Crippen LogP contribution in [0.5, 0.6) is 0 Å². The number of para-hydroxylation sites is 1. The molecule has 1 saturated heterocycles. The normalized spacial score (nSPS) is 19.2. The van der Waals surface area contributed by atoms with Crippen molar-refractivity contribution in [3.63, 3.8) is 0 Å². The summed E-state index contributed by atoms with van der Waals surface area (Å²) >= 11 is 0. The highest BCUT2D eigenvalue weighted by atomic mass is 16.2. The number of amides is 1. The zero-order valence-corrected chi connectivity index (χ0v) is 10.7. The summed E-state index contributed by atoms with van der Waals surface area (Å²) in [6.07, 6.45) is 0.884. The van der Waals surface area contributed by atoms with Gasteiger partial charge in [0.25, 0.3) is 0 Å². The van der Waals surface area contributed by atoms with Crippen LogP contribution in [0.4, 0.5) is 5.69 Å². The van der Waals surface area contributed by atoms with Crippen LogP contribution in [-0.4, -0.2) is 24.5 Å². The third-order valence-electron chi connectivity index (χ3n) is 3.22. The second kappa shape index (κ2) is 4.79. The molecule has 0 saturated carbocycles. The Hall–Kier alpha value is -1.86. The minimum Gasteiger partial charge on any atom is -0.309 e.